The number of phenolic OH excluding ortho intramolecular Hbond substituents is 1. The molecule has 0 radical (unpaired) electrons. The van der Waals surface area contributed by atoms with Crippen LogP contribution in [0.5, 0.6) is 5.75 Å². The standard InChI is InChI=1S/C22H28N2O4S/c1-4-16(2)18-8-10-19(11-9-18)29(27,28)24-14-12-23(13-15-24)22(26)20-7-5-6-17(3)21(20)25/h5-11,16,25H,4,12-15H2,1-3H3. The second-order valence-electron chi connectivity index (χ2n) is 7.55. The van der Waals surface area contributed by atoms with Crippen molar-refractivity contribution >= 4 is 15.9 Å². The maximum atomic E-state index is 13.0. The summed E-state index contributed by atoms with van der Waals surface area (Å²) in [5, 5.41) is 10.2. The van der Waals surface area contributed by atoms with Gasteiger partial charge in [-0.05, 0) is 48.6 Å². The molecule has 156 valence electrons. The molecular weight excluding hydrogens is 388 g/mol. The van der Waals surface area contributed by atoms with E-state index in [2.05, 4.69) is 13.8 Å². The topological polar surface area (TPSA) is 77.9 Å². The number of sulfonamides is 1. The summed E-state index contributed by atoms with van der Waals surface area (Å²) in [6.45, 7) is 7.00. The quantitative estimate of drug-likeness (QED) is 0.811. The first-order chi connectivity index (χ1) is 13.8. The van der Waals surface area contributed by atoms with E-state index in [0.29, 0.717) is 11.5 Å². The van der Waals surface area contributed by atoms with Gasteiger partial charge in [-0.15, -0.1) is 0 Å². The average Bonchev–Trinajstić information content (AvgIpc) is 2.74. The van der Waals surface area contributed by atoms with Gasteiger partial charge < -0.3 is 10.0 Å². The molecule has 1 heterocycles. The molecule has 2 aromatic rings. The highest BCUT2D eigenvalue weighted by atomic mass is 32.2. The van der Waals surface area contributed by atoms with Gasteiger partial charge in [0.05, 0.1) is 10.5 Å². The van der Waals surface area contributed by atoms with Crippen LogP contribution in [0.25, 0.3) is 0 Å². The summed E-state index contributed by atoms with van der Waals surface area (Å²) < 4.78 is 27.4. The van der Waals surface area contributed by atoms with Crippen molar-refractivity contribution in [1.82, 2.24) is 9.21 Å². The van der Waals surface area contributed by atoms with Gasteiger partial charge >= 0.3 is 0 Å². The molecular formula is C22H28N2O4S. The number of piperazine rings is 1. The van der Waals surface area contributed by atoms with Gasteiger partial charge in [0.1, 0.15) is 5.75 Å². The molecule has 7 heteroatoms. The monoisotopic (exact) mass is 416 g/mol. The van der Waals surface area contributed by atoms with E-state index in [-0.39, 0.29) is 48.3 Å². The van der Waals surface area contributed by atoms with Crippen LogP contribution in [0.4, 0.5) is 0 Å². The van der Waals surface area contributed by atoms with Gasteiger partial charge in [-0.25, -0.2) is 8.42 Å². The molecule has 6 nitrogen and oxygen atoms in total. The molecule has 1 aliphatic heterocycles. The van der Waals surface area contributed by atoms with E-state index in [0.717, 1.165) is 12.0 Å². The fourth-order valence-corrected chi connectivity index (χ4v) is 4.91. The Morgan fingerprint density at radius 1 is 1.07 bits per heavy atom. The highest BCUT2D eigenvalue weighted by Gasteiger charge is 2.31. The molecule has 29 heavy (non-hydrogen) atoms. The number of amides is 1. The minimum absolute atomic E-state index is 0.0195. The lowest BCUT2D eigenvalue weighted by Crippen LogP contribution is -2.50. The van der Waals surface area contributed by atoms with E-state index in [4.69, 9.17) is 0 Å². The van der Waals surface area contributed by atoms with Crippen LogP contribution in [0.1, 0.15) is 47.7 Å². The van der Waals surface area contributed by atoms with Crippen molar-refractivity contribution in [3.8, 4) is 5.75 Å². The molecule has 0 aliphatic carbocycles. The third kappa shape index (κ3) is 4.31. The number of phenols is 1. The van der Waals surface area contributed by atoms with E-state index >= 15 is 0 Å². The maximum absolute atomic E-state index is 13.0. The lowest BCUT2D eigenvalue weighted by Gasteiger charge is -2.34. The van der Waals surface area contributed by atoms with Gasteiger partial charge in [0, 0.05) is 26.2 Å². The SMILES string of the molecule is CCC(C)c1ccc(S(=O)(=O)N2CCN(C(=O)c3cccc(C)c3O)CC2)cc1. The second kappa shape index (κ2) is 8.55. The number of hydrogen-bond donors (Lipinski definition) is 1. The Balaban J connectivity index is 1.69. The molecule has 2 aromatic carbocycles. The smallest absolute Gasteiger partial charge is 0.257 e. The number of carbonyl (C=O) groups excluding carboxylic acids is 1. The molecule has 3 rings (SSSR count). The molecule has 0 saturated carbocycles. The number of benzene rings is 2. The number of hydrogen-bond acceptors (Lipinski definition) is 4. The van der Waals surface area contributed by atoms with Crippen molar-refractivity contribution in [2.24, 2.45) is 0 Å². The van der Waals surface area contributed by atoms with Crippen LogP contribution in [0.3, 0.4) is 0 Å². The Morgan fingerprint density at radius 3 is 2.28 bits per heavy atom. The van der Waals surface area contributed by atoms with Crippen molar-refractivity contribution in [3.05, 3.63) is 59.2 Å². The van der Waals surface area contributed by atoms with E-state index in [1.807, 2.05) is 12.1 Å². The van der Waals surface area contributed by atoms with Crippen molar-refractivity contribution in [2.75, 3.05) is 26.2 Å². The van der Waals surface area contributed by atoms with Gasteiger partial charge in [-0.2, -0.15) is 4.31 Å². The summed E-state index contributed by atoms with van der Waals surface area (Å²) in [5.74, 6) is 0.0921. The number of para-hydroxylation sites is 1. The summed E-state index contributed by atoms with van der Waals surface area (Å²) in [6, 6.07) is 12.1. The fraction of sp³-hybridized carbons (Fsp3) is 0.409. The highest BCUT2D eigenvalue weighted by molar-refractivity contribution is 7.89. The summed E-state index contributed by atoms with van der Waals surface area (Å²) in [5.41, 5.74) is 2.01. The highest BCUT2D eigenvalue weighted by Crippen LogP contribution is 2.25. The molecule has 0 bridgehead atoms. The van der Waals surface area contributed by atoms with E-state index < -0.39 is 10.0 Å². The number of aryl methyl sites for hydroxylation is 1. The van der Waals surface area contributed by atoms with Gasteiger partial charge in [0.15, 0.2) is 0 Å². The largest absolute Gasteiger partial charge is 0.507 e. The van der Waals surface area contributed by atoms with Gasteiger partial charge in [-0.1, -0.05) is 38.1 Å². The number of carbonyl (C=O) groups is 1. The van der Waals surface area contributed by atoms with E-state index in [1.165, 1.54) is 4.31 Å². The molecule has 1 N–H and O–H groups in total. The molecule has 1 saturated heterocycles. The summed E-state index contributed by atoms with van der Waals surface area (Å²) >= 11 is 0. The fourth-order valence-electron chi connectivity index (χ4n) is 3.49. The van der Waals surface area contributed by atoms with Gasteiger partial charge in [0.2, 0.25) is 10.0 Å². The van der Waals surface area contributed by atoms with Crippen LogP contribution >= 0.6 is 0 Å². The van der Waals surface area contributed by atoms with Crippen molar-refractivity contribution < 1.29 is 18.3 Å². The Morgan fingerprint density at radius 2 is 1.69 bits per heavy atom. The molecule has 1 atom stereocenters. The first kappa shape index (κ1) is 21.3. The van der Waals surface area contributed by atoms with Crippen molar-refractivity contribution in [2.45, 2.75) is 38.0 Å². The van der Waals surface area contributed by atoms with E-state index in [9.17, 15) is 18.3 Å². The second-order valence-corrected chi connectivity index (χ2v) is 9.48. The van der Waals surface area contributed by atoms with Crippen LogP contribution in [0.2, 0.25) is 0 Å². The van der Waals surface area contributed by atoms with Crippen molar-refractivity contribution in [3.63, 3.8) is 0 Å². The Kier molecular flexibility index (Phi) is 6.29. The third-order valence-electron chi connectivity index (χ3n) is 5.69. The summed E-state index contributed by atoms with van der Waals surface area (Å²) in [7, 11) is -3.59. The zero-order valence-electron chi connectivity index (χ0n) is 17.1. The average molecular weight is 417 g/mol. The zero-order chi connectivity index (χ0) is 21.2. The molecule has 0 aromatic heterocycles. The third-order valence-corrected chi connectivity index (χ3v) is 7.61. The first-order valence-electron chi connectivity index (χ1n) is 9.93. The normalized spacial score (nSPS) is 16.6. The van der Waals surface area contributed by atoms with Gasteiger partial charge in [-0.3, -0.25) is 4.79 Å². The van der Waals surface area contributed by atoms with Crippen LogP contribution in [-0.2, 0) is 10.0 Å². The van der Waals surface area contributed by atoms with Crippen LogP contribution in [0, 0.1) is 6.92 Å². The van der Waals surface area contributed by atoms with Gasteiger partial charge in [0.25, 0.3) is 5.91 Å². The van der Waals surface area contributed by atoms with Crippen LogP contribution in [0.15, 0.2) is 47.4 Å². The predicted molar refractivity (Wildman–Crippen MR) is 113 cm³/mol. The lowest BCUT2D eigenvalue weighted by atomic mass is 9.99. The number of nitrogens with zero attached hydrogens (tertiary/aromatic N) is 2. The Bertz CT molecular complexity index is 978. The van der Waals surface area contributed by atoms with Crippen LogP contribution in [-0.4, -0.2) is 54.8 Å². The molecule has 1 unspecified atom stereocenters. The molecule has 1 fully saturated rings. The lowest BCUT2D eigenvalue weighted by molar-refractivity contribution is 0.0694. The Labute approximate surface area is 172 Å². The maximum Gasteiger partial charge on any atom is 0.257 e. The summed E-state index contributed by atoms with van der Waals surface area (Å²) in [6.07, 6.45) is 0.999. The zero-order valence-corrected chi connectivity index (χ0v) is 17.9. The molecule has 1 aliphatic rings. The first-order valence-corrected chi connectivity index (χ1v) is 11.4. The van der Waals surface area contributed by atoms with Crippen LogP contribution < -0.4 is 0 Å². The predicted octanol–water partition coefficient (Wildman–Crippen LogP) is 3.36. The molecule has 1 amide bonds. The van der Waals surface area contributed by atoms with E-state index in [1.54, 1.807) is 42.2 Å². The number of aromatic hydroxyl groups is 1. The minimum Gasteiger partial charge on any atom is -0.507 e. The molecule has 0 spiro atoms. The summed E-state index contributed by atoms with van der Waals surface area (Å²) in [4.78, 5) is 14.6. The number of rotatable bonds is 5. The van der Waals surface area contributed by atoms with Crippen molar-refractivity contribution in [1.29, 1.82) is 0 Å². The minimum atomic E-state index is -3.59. The Hall–Kier alpha value is -2.38.